The van der Waals surface area contributed by atoms with Gasteiger partial charge in [0.15, 0.2) is 0 Å². The predicted molar refractivity (Wildman–Crippen MR) is 81.5 cm³/mol. The smallest absolute Gasteiger partial charge is 0.328 e. The zero-order valence-corrected chi connectivity index (χ0v) is 13.2. The van der Waals surface area contributed by atoms with E-state index in [1.165, 1.54) is 31.0 Å². The van der Waals surface area contributed by atoms with Crippen molar-refractivity contribution in [3.05, 3.63) is 36.5 Å². The third-order valence-electron chi connectivity index (χ3n) is 3.07. The van der Waals surface area contributed by atoms with Gasteiger partial charge in [-0.2, -0.15) is 0 Å². The molecule has 1 aliphatic heterocycles. The Kier molecular flexibility index (Phi) is 8.24. The highest BCUT2D eigenvalue weighted by atomic mass is 32.2. The van der Waals surface area contributed by atoms with Crippen LogP contribution in [0.15, 0.2) is 41.6 Å². The van der Waals surface area contributed by atoms with Crippen LogP contribution in [0.2, 0.25) is 0 Å². The Morgan fingerprint density at radius 1 is 1.36 bits per heavy atom. The third-order valence-corrected chi connectivity index (χ3v) is 4.36. The van der Waals surface area contributed by atoms with Gasteiger partial charge in [0.1, 0.15) is 0 Å². The van der Waals surface area contributed by atoms with Crippen molar-refractivity contribution in [3.63, 3.8) is 0 Å². The number of piperidine rings is 1. The Labute approximate surface area is 133 Å². The molecule has 0 amide bonds. The highest BCUT2D eigenvalue weighted by Gasteiger charge is 2.20. The normalized spacial score (nSPS) is 21.0. The van der Waals surface area contributed by atoms with Crippen molar-refractivity contribution in [1.82, 2.24) is 4.98 Å². The first-order valence-electron chi connectivity index (χ1n) is 6.98. The lowest BCUT2D eigenvalue weighted by Gasteiger charge is -2.25. The molecule has 0 spiro atoms. The molecule has 1 fully saturated rings. The number of carboxylic acids is 2. The van der Waals surface area contributed by atoms with E-state index in [0.717, 1.165) is 5.25 Å². The number of rotatable bonds is 4. The molecule has 6 nitrogen and oxygen atoms in total. The van der Waals surface area contributed by atoms with E-state index in [-0.39, 0.29) is 0 Å². The van der Waals surface area contributed by atoms with Crippen molar-refractivity contribution in [2.75, 3.05) is 20.1 Å². The maximum absolute atomic E-state index is 9.53. The van der Waals surface area contributed by atoms with Gasteiger partial charge >= 0.3 is 5.97 Å². The fourth-order valence-electron chi connectivity index (χ4n) is 1.93. The van der Waals surface area contributed by atoms with Crippen LogP contribution in [-0.4, -0.2) is 47.4 Å². The van der Waals surface area contributed by atoms with Crippen LogP contribution in [0, 0.1) is 0 Å². The van der Waals surface area contributed by atoms with Crippen molar-refractivity contribution in [1.29, 1.82) is 0 Å². The summed E-state index contributed by atoms with van der Waals surface area (Å²) in [5.41, 5.74) is 0. The lowest BCUT2D eigenvalue weighted by molar-refractivity contribution is -0.884. The molecule has 1 saturated heterocycles. The zero-order valence-electron chi connectivity index (χ0n) is 12.4. The van der Waals surface area contributed by atoms with E-state index in [0.29, 0.717) is 12.2 Å². The lowest BCUT2D eigenvalue weighted by atomic mass is 10.1. The van der Waals surface area contributed by atoms with E-state index in [9.17, 15) is 14.7 Å². The van der Waals surface area contributed by atoms with Crippen molar-refractivity contribution in [2.24, 2.45) is 0 Å². The second kappa shape index (κ2) is 9.97. The highest BCUT2D eigenvalue weighted by molar-refractivity contribution is 7.99. The molecule has 120 valence electrons. The Bertz CT molecular complexity index is 484. The van der Waals surface area contributed by atoms with Crippen molar-refractivity contribution < 1.29 is 24.7 Å². The third kappa shape index (κ3) is 8.43. The maximum atomic E-state index is 9.53. The summed E-state index contributed by atoms with van der Waals surface area (Å²) >= 11 is 1.94. The molecule has 1 aromatic rings. The van der Waals surface area contributed by atoms with Crippen LogP contribution in [-0.2, 0) is 9.59 Å². The summed E-state index contributed by atoms with van der Waals surface area (Å²) in [6.45, 7) is 2.62. The zero-order chi connectivity index (χ0) is 16.4. The molecule has 0 radical (unpaired) electrons. The van der Waals surface area contributed by atoms with Gasteiger partial charge < -0.3 is 19.9 Å². The fraction of sp³-hybridized carbons (Fsp3) is 0.400. The summed E-state index contributed by atoms with van der Waals surface area (Å²) < 4.78 is 0. The largest absolute Gasteiger partial charge is 0.545 e. The molecular weight excluding hydrogens is 304 g/mol. The molecule has 1 aliphatic rings. The number of pyridine rings is 1. The van der Waals surface area contributed by atoms with Crippen LogP contribution in [0.4, 0.5) is 0 Å². The number of aromatic nitrogens is 1. The lowest BCUT2D eigenvalue weighted by Crippen LogP contribution is -3.10. The molecule has 0 aliphatic carbocycles. The quantitative estimate of drug-likeness (QED) is 0.706. The fourth-order valence-corrected chi connectivity index (χ4v) is 3.02. The van der Waals surface area contributed by atoms with E-state index in [1.54, 1.807) is 4.90 Å². The predicted octanol–water partition coefficient (Wildman–Crippen LogP) is -0.772. The number of carboxylic acid groups (broad SMARTS) is 2. The highest BCUT2D eigenvalue weighted by Crippen LogP contribution is 2.25. The monoisotopic (exact) mass is 324 g/mol. The van der Waals surface area contributed by atoms with E-state index in [1.807, 2.05) is 24.0 Å². The Morgan fingerprint density at radius 3 is 2.50 bits per heavy atom. The first kappa shape index (κ1) is 18.2. The molecule has 0 atom stereocenters. The van der Waals surface area contributed by atoms with Gasteiger partial charge in [-0.1, -0.05) is 6.07 Å². The SMILES string of the molecule is C[NH+]1CCC(Sc2ccccn2)CC1.O=C([O-])/C=C/C(=O)O. The van der Waals surface area contributed by atoms with Crippen molar-refractivity contribution >= 4 is 23.7 Å². The topological polar surface area (TPSA) is 94.8 Å². The van der Waals surface area contributed by atoms with Gasteiger partial charge in [0.2, 0.25) is 0 Å². The van der Waals surface area contributed by atoms with Crippen LogP contribution in [0.1, 0.15) is 12.8 Å². The summed E-state index contributed by atoms with van der Waals surface area (Å²) in [6.07, 6.45) is 5.47. The average molecular weight is 324 g/mol. The number of nitrogens with zero attached hydrogens (tertiary/aromatic N) is 1. The second-order valence-electron chi connectivity index (χ2n) is 4.93. The van der Waals surface area contributed by atoms with Crippen LogP contribution < -0.4 is 10.0 Å². The molecule has 0 saturated carbocycles. The van der Waals surface area contributed by atoms with Crippen molar-refractivity contribution in [3.8, 4) is 0 Å². The van der Waals surface area contributed by atoms with Gasteiger partial charge in [-0.15, -0.1) is 11.8 Å². The van der Waals surface area contributed by atoms with Crippen LogP contribution in [0.3, 0.4) is 0 Å². The molecule has 2 rings (SSSR count). The molecule has 0 aromatic carbocycles. The van der Waals surface area contributed by atoms with Crippen LogP contribution >= 0.6 is 11.8 Å². The average Bonchev–Trinajstić information content (AvgIpc) is 2.49. The summed E-state index contributed by atoms with van der Waals surface area (Å²) in [4.78, 5) is 25.0. The van der Waals surface area contributed by atoms with Gasteiger partial charge in [0, 0.05) is 30.4 Å². The number of aliphatic carboxylic acids is 2. The number of carbonyl (C=O) groups is 2. The first-order valence-corrected chi connectivity index (χ1v) is 7.86. The Hall–Kier alpha value is -1.86. The Balaban J connectivity index is 0.000000261. The van der Waals surface area contributed by atoms with Gasteiger partial charge in [-0.25, -0.2) is 9.78 Å². The molecular formula is C15H20N2O4S. The summed E-state index contributed by atoms with van der Waals surface area (Å²) in [5.74, 6) is -2.80. The summed E-state index contributed by atoms with van der Waals surface area (Å²) in [7, 11) is 2.28. The minimum atomic E-state index is -1.51. The molecule has 2 N–H and O–H groups in total. The summed E-state index contributed by atoms with van der Waals surface area (Å²) in [5, 5.41) is 19.2. The van der Waals surface area contributed by atoms with E-state index < -0.39 is 11.9 Å². The maximum Gasteiger partial charge on any atom is 0.328 e. The molecule has 7 heteroatoms. The minimum Gasteiger partial charge on any atom is -0.545 e. The molecule has 0 bridgehead atoms. The molecule has 1 aromatic heterocycles. The number of carbonyl (C=O) groups excluding carboxylic acids is 1. The van der Waals surface area contributed by atoms with Gasteiger partial charge in [0.25, 0.3) is 0 Å². The number of thioether (sulfide) groups is 1. The number of hydrogen-bond acceptors (Lipinski definition) is 5. The molecule has 2 heterocycles. The van der Waals surface area contributed by atoms with Gasteiger partial charge in [-0.3, -0.25) is 0 Å². The number of hydrogen-bond donors (Lipinski definition) is 2. The number of likely N-dealkylation sites (tertiary alicyclic amines) is 1. The second-order valence-corrected chi connectivity index (χ2v) is 6.25. The van der Waals surface area contributed by atoms with Gasteiger partial charge in [-0.05, 0) is 18.2 Å². The Morgan fingerprint density at radius 2 is 2.05 bits per heavy atom. The van der Waals surface area contributed by atoms with Crippen molar-refractivity contribution in [2.45, 2.75) is 23.1 Å². The number of nitrogens with one attached hydrogen (secondary N) is 1. The number of quaternary nitrogens is 1. The van der Waals surface area contributed by atoms with Crippen LogP contribution in [0.25, 0.3) is 0 Å². The van der Waals surface area contributed by atoms with E-state index in [4.69, 9.17) is 5.11 Å². The summed E-state index contributed by atoms with van der Waals surface area (Å²) in [6, 6.07) is 6.15. The first-order chi connectivity index (χ1) is 10.5. The minimum absolute atomic E-state index is 0.447. The van der Waals surface area contributed by atoms with E-state index in [2.05, 4.69) is 24.2 Å². The van der Waals surface area contributed by atoms with Gasteiger partial charge in [0.05, 0.1) is 31.1 Å². The molecule has 22 heavy (non-hydrogen) atoms. The van der Waals surface area contributed by atoms with Crippen LogP contribution in [0.5, 0.6) is 0 Å². The standard InChI is InChI=1S/C11H16N2S.C4H4O4/c1-13-8-5-10(6-9-13)14-11-4-2-3-7-12-11;5-3(6)1-2-4(7)8/h2-4,7,10H,5-6,8-9H2,1H3;1-2H,(H,5,6)(H,7,8)/b;2-1+. The van der Waals surface area contributed by atoms with E-state index >= 15 is 0 Å². The molecule has 0 unspecified atom stereocenters.